The highest BCUT2D eigenvalue weighted by Crippen LogP contribution is 2.37. The van der Waals surface area contributed by atoms with E-state index in [2.05, 4.69) is 15.5 Å². The summed E-state index contributed by atoms with van der Waals surface area (Å²) in [5, 5.41) is 10.4. The molecule has 0 radical (unpaired) electrons. The number of anilines is 1. The highest BCUT2D eigenvalue weighted by atomic mass is 32.2. The third-order valence-corrected chi connectivity index (χ3v) is 7.99. The number of rotatable bonds is 7. The summed E-state index contributed by atoms with van der Waals surface area (Å²) >= 11 is 0. The van der Waals surface area contributed by atoms with Crippen molar-refractivity contribution >= 4 is 21.9 Å². The van der Waals surface area contributed by atoms with Crippen molar-refractivity contribution in [1.29, 1.82) is 0 Å². The average Bonchev–Trinajstić information content (AvgIpc) is 3.40. The van der Waals surface area contributed by atoms with Gasteiger partial charge in [-0.1, -0.05) is 35.4 Å². The lowest BCUT2D eigenvalue weighted by molar-refractivity contribution is 0.102. The maximum absolute atomic E-state index is 13.2. The molecule has 4 aromatic rings. The molecule has 11 heteroatoms. The first kappa shape index (κ1) is 24.5. The summed E-state index contributed by atoms with van der Waals surface area (Å²) < 4.78 is 44.1. The Hall–Kier alpha value is -4.22. The van der Waals surface area contributed by atoms with Crippen molar-refractivity contribution in [2.24, 2.45) is 0 Å². The van der Waals surface area contributed by atoms with E-state index in [-0.39, 0.29) is 22.4 Å². The first-order chi connectivity index (χ1) is 17.9. The number of nitrogens with one attached hydrogen (secondary N) is 1. The number of fused-ring (bicyclic) bond motifs is 1. The quantitative estimate of drug-likeness (QED) is 0.391. The zero-order valence-electron chi connectivity index (χ0n) is 20.2. The zero-order valence-corrected chi connectivity index (χ0v) is 21.0. The van der Waals surface area contributed by atoms with Gasteiger partial charge in [-0.3, -0.25) is 10.1 Å². The van der Waals surface area contributed by atoms with Crippen LogP contribution in [0.4, 0.5) is 6.01 Å². The number of ether oxygens (including phenoxy) is 2. The minimum atomic E-state index is -3.71. The molecule has 3 aromatic carbocycles. The summed E-state index contributed by atoms with van der Waals surface area (Å²) in [4.78, 5) is 12.9. The van der Waals surface area contributed by atoms with Crippen molar-refractivity contribution in [3.63, 3.8) is 0 Å². The molecular weight excluding hydrogens is 496 g/mol. The molecule has 2 heterocycles. The molecule has 0 fully saturated rings. The minimum absolute atomic E-state index is 0.117. The number of hydrogen-bond donors (Lipinski definition) is 1. The fourth-order valence-electron chi connectivity index (χ4n) is 4.21. The molecule has 0 saturated heterocycles. The van der Waals surface area contributed by atoms with Crippen molar-refractivity contribution in [3.05, 3.63) is 83.4 Å². The Labute approximate surface area is 213 Å². The largest absolute Gasteiger partial charge is 0.493 e. The number of amides is 1. The summed E-state index contributed by atoms with van der Waals surface area (Å²) in [7, 11) is -0.696. The number of benzene rings is 3. The predicted molar refractivity (Wildman–Crippen MR) is 135 cm³/mol. The molecule has 0 atom stereocenters. The maximum Gasteiger partial charge on any atom is 0.322 e. The first-order valence-corrected chi connectivity index (χ1v) is 12.9. The number of nitrogens with zero attached hydrogens (tertiary/aromatic N) is 3. The van der Waals surface area contributed by atoms with Crippen molar-refractivity contribution in [2.45, 2.75) is 17.9 Å². The molecule has 1 aliphatic rings. The highest BCUT2D eigenvalue weighted by Gasteiger charge is 2.28. The first-order valence-electron chi connectivity index (χ1n) is 11.4. The molecule has 1 aliphatic heterocycles. The van der Waals surface area contributed by atoms with Gasteiger partial charge in [0, 0.05) is 18.7 Å². The summed E-state index contributed by atoms with van der Waals surface area (Å²) in [5.41, 5.74) is 2.90. The Kier molecular flexibility index (Phi) is 6.64. The van der Waals surface area contributed by atoms with Gasteiger partial charge >= 0.3 is 6.01 Å². The van der Waals surface area contributed by atoms with Crippen LogP contribution in [0.2, 0.25) is 0 Å². The second kappa shape index (κ2) is 10.0. The van der Waals surface area contributed by atoms with Crippen LogP contribution in [0.5, 0.6) is 11.5 Å². The van der Waals surface area contributed by atoms with E-state index in [0.29, 0.717) is 36.6 Å². The lowest BCUT2D eigenvalue weighted by Gasteiger charge is -2.28. The molecule has 0 saturated carbocycles. The number of carbonyl (C=O) groups excluding carboxylic acids is 1. The fraction of sp³-hybridized carbons (Fsp3) is 0.192. The van der Waals surface area contributed by atoms with E-state index in [1.807, 2.05) is 24.3 Å². The van der Waals surface area contributed by atoms with Crippen LogP contribution in [-0.2, 0) is 23.0 Å². The van der Waals surface area contributed by atoms with E-state index in [0.717, 1.165) is 11.1 Å². The van der Waals surface area contributed by atoms with E-state index >= 15 is 0 Å². The van der Waals surface area contributed by atoms with Gasteiger partial charge in [0.25, 0.3) is 11.8 Å². The normalized spacial score (nSPS) is 13.6. The molecule has 1 aromatic heterocycles. The molecule has 5 rings (SSSR count). The van der Waals surface area contributed by atoms with Crippen molar-refractivity contribution in [1.82, 2.24) is 14.5 Å². The van der Waals surface area contributed by atoms with E-state index in [9.17, 15) is 13.2 Å². The molecule has 0 unspecified atom stereocenters. The maximum atomic E-state index is 13.2. The van der Waals surface area contributed by atoms with Crippen molar-refractivity contribution < 1.29 is 27.1 Å². The second-order valence-corrected chi connectivity index (χ2v) is 10.2. The van der Waals surface area contributed by atoms with E-state index in [4.69, 9.17) is 13.9 Å². The van der Waals surface area contributed by atoms with Crippen LogP contribution in [0.25, 0.3) is 11.5 Å². The molecule has 190 valence electrons. The molecular formula is C26H24N4O6S. The van der Waals surface area contributed by atoms with Gasteiger partial charge in [0.2, 0.25) is 10.0 Å². The summed E-state index contributed by atoms with van der Waals surface area (Å²) in [6.07, 6.45) is 0.656. The molecule has 37 heavy (non-hydrogen) atoms. The number of aromatic nitrogens is 2. The summed E-state index contributed by atoms with van der Waals surface area (Å²) in [6.45, 7) is 0.720. The number of sulfonamides is 1. The molecule has 1 amide bonds. The predicted octanol–water partition coefficient (Wildman–Crippen LogP) is 3.75. The van der Waals surface area contributed by atoms with Crippen LogP contribution < -0.4 is 14.8 Å². The van der Waals surface area contributed by atoms with Gasteiger partial charge in [-0.05, 0) is 53.9 Å². The zero-order chi connectivity index (χ0) is 26.0. The summed E-state index contributed by atoms with van der Waals surface area (Å²) in [5.74, 6) is 0.521. The Morgan fingerprint density at radius 1 is 0.946 bits per heavy atom. The van der Waals surface area contributed by atoms with Crippen LogP contribution in [0.1, 0.15) is 21.5 Å². The average molecular weight is 521 g/mol. The monoisotopic (exact) mass is 520 g/mol. The molecule has 0 bridgehead atoms. The smallest absolute Gasteiger partial charge is 0.322 e. The van der Waals surface area contributed by atoms with Crippen molar-refractivity contribution in [2.75, 3.05) is 26.1 Å². The summed E-state index contributed by atoms with van der Waals surface area (Å²) in [6, 6.07) is 18.6. The van der Waals surface area contributed by atoms with Gasteiger partial charge in [-0.25, -0.2) is 8.42 Å². The van der Waals surface area contributed by atoms with E-state index in [1.165, 1.54) is 42.8 Å². The third-order valence-electron chi connectivity index (χ3n) is 6.13. The number of para-hydroxylation sites is 1. The van der Waals surface area contributed by atoms with Gasteiger partial charge < -0.3 is 13.9 Å². The van der Waals surface area contributed by atoms with Crippen LogP contribution in [0, 0.1) is 0 Å². The molecule has 1 N–H and O–H groups in total. The van der Waals surface area contributed by atoms with Crippen LogP contribution >= 0.6 is 0 Å². The number of methoxy groups -OCH3 is 2. The minimum Gasteiger partial charge on any atom is -0.493 e. The van der Waals surface area contributed by atoms with Crippen LogP contribution in [0.3, 0.4) is 0 Å². The fourth-order valence-corrected chi connectivity index (χ4v) is 5.63. The van der Waals surface area contributed by atoms with Gasteiger partial charge in [-0.2, -0.15) is 4.31 Å². The van der Waals surface area contributed by atoms with Gasteiger partial charge in [0.15, 0.2) is 11.5 Å². The Morgan fingerprint density at radius 3 is 2.43 bits per heavy atom. The third kappa shape index (κ3) is 4.78. The Morgan fingerprint density at radius 2 is 1.70 bits per heavy atom. The SMILES string of the molecule is COc1cccc(-c2nnc(NC(=O)c3ccc(S(=O)(=O)N4CCc5ccccc5C4)cc3)o2)c1OC. The standard InChI is InChI=1S/C26H24N4O6S/c1-34-22-9-5-8-21(23(22)35-2)25-28-29-26(36-25)27-24(31)18-10-12-20(13-11-18)37(32,33)30-15-14-17-6-3-4-7-19(17)16-30/h3-13H,14-16H2,1-2H3,(H,27,29,31). The Balaban J connectivity index is 1.29. The van der Waals surface area contributed by atoms with Gasteiger partial charge in [0.05, 0.1) is 24.7 Å². The van der Waals surface area contributed by atoms with Crippen LogP contribution in [-0.4, -0.2) is 49.6 Å². The van der Waals surface area contributed by atoms with E-state index in [1.54, 1.807) is 18.2 Å². The van der Waals surface area contributed by atoms with E-state index < -0.39 is 15.9 Å². The topological polar surface area (TPSA) is 124 Å². The lowest BCUT2D eigenvalue weighted by atomic mass is 10.0. The molecule has 0 aliphatic carbocycles. The van der Waals surface area contributed by atoms with Gasteiger partial charge in [-0.15, -0.1) is 5.10 Å². The molecule has 10 nitrogen and oxygen atoms in total. The lowest BCUT2D eigenvalue weighted by Crippen LogP contribution is -2.35. The Bertz CT molecular complexity index is 1550. The second-order valence-electron chi connectivity index (χ2n) is 8.29. The van der Waals surface area contributed by atoms with Gasteiger partial charge in [0.1, 0.15) is 0 Å². The van der Waals surface area contributed by atoms with Crippen molar-refractivity contribution in [3.8, 4) is 23.0 Å². The highest BCUT2D eigenvalue weighted by molar-refractivity contribution is 7.89. The number of hydrogen-bond acceptors (Lipinski definition) is 8. The number of carbonyl (C=O) groups is 1. The molecule has 0 spiro atoms. The van der Waals surface area contributed by atoms with Crippen LogP contribution in [0.15, 0.2) is 76.0 Å².